The number of hydrogen-bond acceptors (Lipinski definition) is 3. The first-order chi connectivity index (χ1) is 7.67. The highest BCUT2D eigenvalue weighted by molar-refractivity contribution is 5.04. The zero-order valence-electron chi connectivity index (χ0n) is 10.6. The zero-order valence-corrected chi connectivity index (χ0v) is 10.6. The fourth-order valence-corrected chi connectivity index (χ4v) is 2.02. The Balaban J connectivity index is 2.45. The van der Waals surface area contributed by atoms with Gasteiger partial charge in [-0.1, -0.05) is 38.3 Å². The summed E-state index contributed by atoms with van der Waals surface area (Å²) in [7, 11) is 0. The van der Waals surface area contributed by atoms with Gasteiger partial charge < -0.3 is 9.63 Å². The van der Waals surface area contributed by atoms with Crippen molar-refractivity contribution in [3.8, 4) is 0 Å². The van der Waals surface area contributed by atoms with Crippen LogP contribution in [0.25, 0.3) is 0 Å². The van der Waals surface area contributed by atoms with Crippen molar-refractivity contribution < 1.29 is 9.63 Å². The minimum atomic E-state index is -0.302. The van der Waals surface area contributed by atoms with Gasteiger partial charge in [-0.2, -0.15) is 0 Å². The lowest BCUT2D eigenvalue weighted by Crippen LogP contribution is -2.22. The number of hydrogen-bond donors (Lipinski definition) is 1. The van der Waals surface area contributed by atoms with Gasteiger partial charge in [0.05, 0.1) is 11.8 Å². The van der Waals surface area contributed by atoms with Gasteiger partial charge in [0.1, 0.15) is 5.76 Å². The second-order valence-corrected chi connectivity index (χ2v) is 4.52. The Labute approximate surface area is 97.8 Å². The lowest BCUT2D eigenvalue weighted by atomic mass is 9.91. The third-order valence-corrected chi connectivity index (χ3v) is 3.08. The molecule has 0 aromatic carbocycles. The minimum absolute atomic E-state index is 0.302. The standard InChI is InChI=1S/C13H23NO2/c1-4-6-7-11(5-2)13(15)9-12-8-10(3)14-16-12/h8,11,13,15H,4-7,9H2,1-3H3. The van der Waals surface area contributed by atoms with Crippen LogP contribution in [0, 0.1) is 12.8 Å². The average molecular weight is 225 g/mol. The van der Waals surface area contributed by atoms with E-state index in [2.05, 4.69) is 19.0 Å². The van der Waals surface area contributed by atoms with E-state index in [1.165, 1.54) is 12.8 Å². The SMILES string of the molecule is CCCCC(CC)C(O)Cc1cc(C)no1. The number of aromatic nitrogens is 1. The van der Waals surface area contributed by atoms with E-state index in [9.17, 15) is 5.11 Å². The van der Waals surface area contributed by atoms with Crippen LogP contribution >= 0.6 is 0 Å². The van der Waals surface area contributed by atoms with Crippen molar-refractivity contribution in [2.75, 3.05) is 0 Å². The van der Waals surface area contributed by atoms with Crippen LogP contribution in [0.2, 0.25) is 0 Å². The van der Waals surface area contributed by atoms with Gasteiger partial charge in [-0.25, -0.2) is 0 Å². The van der Waals surface area contributed by atoms with Crippen LogP contribution in [0.4, 0.5) is 0 Å². The molecule has 16 heavy (non-hydrogen) atoms. The largest absolute Gasteiger partial charge is 0.392 e. The normalized spacial score (nSPS) is 15.0. The number of aryl methyl sites for hydroxylation is 1. The lowest BCUT2D eigenvalue weighted by molar-refractivity contribution is 0.0918. The Morgan fingerprint density at radius 2 is 2.19 bits per heavy atom. The van der Waals surface area contributed by atoms with Crippen LogP contribution in [-0.2, 0) is 6.42 Å². The molecule has 0 bridgehead atoms. The first kappa shape index (κ1) is 13.2. The van der Waals surface area contributed by atoms with Gasteiger partial charge in [-0.15, -0.1) is 0 Å². The Hall–Kier alpha value is -0.830. The van der Waals surface area contributed by atoms with Crippen molar-refractivity contribution in [1.82, 2.24) is 5.16 Å². The second kappa shape index (κ2) is 6.69. The molecule has 0 spiro atoms. The molecule has 2 unspecified atom stereocenters. The van der Waals surface area contributed by atoms with Crippen LogP contribution in [0.15, 0.2) is 10.6 Å². The van der Waals surface area contributed by atoms with E-state index < -0.39 is 0 Å². The third kappa shape index (κ3) is 3.97. The highest BCUT2D eigenvalue weighted by Gasteiger charge is 2.19. The molecule has 92 valence electrons. The maximum Gasteiger partial charge on any atom is 0.139 e. The molecular formula is C13H23NO2. The monoisotopic (exact) mass is 225 g/mol. The Morgan fingerprint density at radius 3 is 2.69 bits per heavy atom. The summed E-state index contributed by atoms with van der Waals surface area (Å²) in [5.41, 5.74) is 0.879. The van der Waals surface area contributed by atoms with Gasteiger partial charge >= 0.3 is 0 Å². The molecule has 3 heteroatoms. The van der Waals surface area contributed by atoms with Crippen molar-refractivity contribution in [3.63, 3.8) is 0 Å². The summed E-state index contributed by atoms with van der Waals surface area (Å²) < 4.78 is 5.12. The van der Waals surface area contributed by atoms with E-state index in [1.807, 2.05) is 13.0 Å². The van der Waals surface area contributed by atoms with Crippen molar-refractivity contribution in [1.29, 1.82) is 0 Å². The van der Waals surface area contributed by atoms with Crippen LogP contribution in [0.5, 0.6) is 0 Å². The summed E-state index contributed by atoms with van der Waals surface area (Å²) in [6.07, 6.45) is 4.78. The van der Waals surface area contributed by atoms with Gasteiger partial charge in [0.25, 0.3) is 0 Å². The molecule has 2 atom stereocenters. The molecule has 0 saturated carbocycles. The Kier molecular flexibility index (Phi) is 5.53. The maximum atomic E-state index is 10.1. The van der Waals surface area contributed by atoms with Crippen molar-refractivity contribution >= 4 is 0 Å². The highest BCUT2D eigenvalue weighted by atomic mass is 16.5. The van der Waals surface area contributed by atoms with Gasteiger partial charge in [0, 0.05) is 12.5 Å². The van der Waals surface area contributed by atoms with E-state index in [1.54, 1.807) is 0 Å². The topological polar surface area (TPSA) is 46.3 Å². The first-order valence-corrected chi connectivity index (χ1v) is 6.27. The molecule has 1 aromatic heterocycles. The quantitative estimate of drug-likeness (QED) is 0.775. The van der Waals surface area contributed by atoms with E-state index in [0.717, 1.165) is 24.3 Å². The van der Waals surface area contributed by atoms with Crippen LogP contribution in [-0.4, -0.2) is 16.4 Å². The average Bonchev–Trinajstić information content (AvgIpc) is 2.65. The van der Waals surface area contributed by atoms with E-state index in [-0.39, 0.29) is 6.10 Å². The molecule has 0 aliphatic rings. The Bertz CT molecular complexity index is 296. The molecule has 0 aliphatic carbocycles. The summed E-state index contributed by atoms with van der Waals surface area (Å²) in [5.74, 6) is 1.17. The summed E-state index contributed by atoms with van der Waals surface area (Å²) in [4.78, 5) is 0. The van der Waals surface area contributed by atoms with Crippen molar-refractivity contribution in [2.24, 2.45) is 5.92 Å². The summed E-state index contributed by atoms with van der Waals surface area (Å²) in [6, 6.07) is 1.90. The summed E-state index contributed by atoms with van der Waals surface area (Å²) in [5, 5.41) is 13.9. The summed E-state index contributed by atoms with van der Waals surface area (Å²) in [6.45, 7) is 6.21. The second-order valence-electron chi connectivity index (χ2n) is 4.52. The van der Waals surface area contributed by atoms with E-state index >= 15 is 0 Å². The Morgan fingerprint density at radius 1 is 1.44 bits per heavy atom. The highest BCUT2D eigenvalue weighted by Crippen LogP contribution is 2.20. The fourth-order valence-electron chi connectivity index (χ4n) is 2.02. The third-order valence-electron chi connectivity index (χ3n) is 3.08. The molecule has 0 saturated heterocycles. The molecule has 1 rings (SSSR count). The van der Waals surface area contributed by atoms with Gasteiger partial charge in [-0.3, -0.25) is 0 Å². The lowest BCUT2D eigenvalue weighted by Gasteiger charge is -2.20. The van der Waals surface area contributed by atoms with E-state index in [0.29, 0.717) is 12.3 Å². The van der Waals surface area contributed by atoms with Crippen LogP contribution in [0.1, 0.15) is 51.0 Å². The van der Waals surface area contributed by atoms with Gasteiger partial charge in [0.2, 0.25) is 0 Å². The molecule has 1 aromatic rings. The van der Waals surface area contributed by atoms with E-state index in [4.69, 9.17) is 4.52 Å². The molecule has 1 N–H and O–H groups in total. The number of nitrogens with zero attached hydrogens (tertiary/aromatic N) is 1. The molecule has 0 fully saturated rings. The van der Waals surface area contributed by atoms with Crippen LogP contribution < -0.4 is 0 Å². The molecule has 1 heterocycles. The van der Waals surface area contributed by atoms with Gasteiger partial charge in [-0.05, 0) is 19.3 Å². The maximum absolute atomic E-state index is 10.1. The smallest absolute Gasteiger partial charge is 0.139 e. The first-order valence-electron chi connectivity index (χ1n) is 6.27. The summed E-state index contributed by atoms with van der Waals surface area (Å²) >= 11 is 0. The number of aliphatic hydroxyl groups is 1. The molecule has 0 aliphatic heterocycles. The zero-order chi connectivity index (χ0) is 12.0. The predicted molar refractivity (Wildman–Crippen MR) is 64.3 cm³/mol. The number of unbranched alkanes of at least 4 members (excludes halogenated alkanes) is 1. The predicted octanol–water partition coefficient (Wildman–Crippen LogP) is 3.10. The number of rotatable bonds is 7. The minimum Gasteiger partial charge on any atom is -0.392 e. The van der Waals surface area contributed by atoms with Crippen molar-refractivity contribution in [2.45, 2.75) is 59.0 Å². The van der Waals surface area contributed by atoms with Crippen molar-refractivity contribution in [3.05, 3.63) is 17.5 Å². The molecule has 3 nitrogen and oxygen atoms in total. The van der Waals surface area contributed by atoms with Gasteiger partial charge in [0.15, 0.2) is 0 Å². The molecular weight excluding hydrogens is 202 g/mol. The molecule has 0 amide bonds. The number of aliphatic hydroxyl groups excluding tert-OH is 1. The molecule has 0 radical (unpaired) electrons. The van der Waals surface area contributed by atoms with Crippen LogP contribution in [0.3, 0.4) is 0 Å². The fraction of sp³-hybridized carbons (Fsp3) is 0.769.